The molecular weight excluding hydrogens is 423 g/mol. The normalized spacial score (nSPS) is 11.8. The molecule has 0 radical (unpaired) electrons. The van der Waals surface area contributed by atoms with E-state index in [-0.39, 0.29) is 23.8 Å². The lowest BCUT2D eigenvalue weighted by Crippen LogP contribution is -2.13. The maximum atomic E-state index is 13.3. The number of nitrogens with zero attached hydrogens (tertiary/aromatic N) is 2. The second kappa shape index (κ2) is 8.17. The van der Waals surface area contributed by atoms with Gasteiger partial charge in [-0.25, -0.2) is 13.9 Å². The third-order valence-corrected chi connectivity index (χ3v) is 6.82. The van der Waals surface area contributed by atoms with Crippen molar-refractivity contribution in [1.82, 2.24) is 9.78 Å². The summed E-state index contributed by atoms with van der Waals surface area (Å²) in [7, 11) is 0. The van der Waals surface area contributed by atoms with Gasteiger partial charge in [0.1, 0.15) is 22.1 Å². The van der Waals surface area contributed by atoms with Crippen LogP contribution < -0.4 is 0 Å². The third kappa shape index (κ3) is 4.19. The Balaban J connectivity index is 1.58. The molecular formula is C26H27FN2O2S. The van der Waals surface area contributed by atoms with Crippen molar-refractivity contribution in [3.63, 3.8) is 0 Å². The SMILES string of the molecule is Cc1cc(C(C)(C)C)cc(C)c1COC(=O)c1cc2c(C)nn(-c3ccc(F)cc3)c2s1. The second-order valence-electron chi connectivity index (χ2n) is 9.22. The van der Waals surface area contributed by atoms with Gasteiger partial charge in [-0.15, -0.1) is 11.3 Å². The van der Waals surface area contributed by atoms with Crippen LogP contribution in [0.5, 0.6) is 0 Å². The lowest BCUT2D eigenvalue weighted by atomic mass is 9.84. The van der Waals surface area contributed by atoms with Crippen LogP contribution in [0.3, 0.4) is 0 Å². The van der Waals surface area contributed by atoms with Crippen LogP contribution in [-0.2, 0) is 16.8 Å². The average molecular weight is 451 g/mol. The summed E-state index contributed by atoms with van der Waals surface area (Å²) in [6, 6.07) is 12.3. The predicted molar refractivity (Wildman–Crippen MR) is 127 cm³/mol. The van der Waals surface area contributed by atoms with Crippen molar-refractivity contribution in [3.05, 3.63) is 81.1 Å². The molecule has 4 aromatic rings. The zero-order chi connectivity index (χ0) is 23.2. The molecule has 166 valence electrons. The van der Waals surface area contributed by atoms with Crippen LogP contribution in [-0.4, -0.2) is 15.7 Å². The number of rotatable bonds is 4. The van der Waals surface area contributed by atoms with Crippen LogP contribution in [0.15, 0.2) is 42.5 Å². The van der Waals surface area contributed by atoms with E-state index in [0.717, 1.165) is 38.3 Å². The van der Waals surface area contributed by atoms with E-state index in [4.69, 9.17) is 4.74 Å². The number of thiophene rings is 1. The molecule has 0 N–H and O–H groups in total. The number of esters is 1. The Hall–Kier alpha value is -2.99. The summed E-state index contributed by atoms with van der Waals surface area (Å²) in [5.41, 5.74) is 6.19. The maximum Gasteiger partial charge on any atom is 0.348 e. The number of carbonyl (C=O) groups excluding carboxylic acids is 1. The van der Waals surface area contributed by atoms with Crippen LogP contribution in [0.4, 0.5) is 4.39 Å². The van der Waals surface area contributed by atoms with Gasteiger partial charge in [-0.1, -0.05) is 32.9 Å². The fraction of sp³-hybridized carbons (Fsp3) is 0.308. The lowest BCUT2D eigenvalue weighted by molar-refractivity contribution is 0.0477. The van der Waals surface area contributed by atoms with Crippen LogP contribution in [0.2, 0.25) is 0 Å². The molecule has 2 aromatic heterocycles. The molecule has 0 saturated carbocycles. The van der Waals surface area contributed by atoms with E-state index >= 15 is 0 Å². The van der Waals surface area contributed by atoms with Gasteiger partial charge in [-0.3, -0.25) is 0 Å². The zero-order valence-corrected chi connectivity index (χ0v) is 20.1. The highest BCUT2D eigenvalue weighted by molar-refractivity contribution is 7.20. The van der Waals surface area contributed by atoms with Crippen molar-refractivity contribution >= 4 is 27.5 Å². The first kappa shape index (κ1) is 22.2. The fourth-order valence-corrected chi connectivity index (χ4v) is 4.84. The molecule has 0 fully saturated rings. The molecule has 0 aliphatic heterocycles. The number of hydrogen-bond acceptors (Lipinski definition) is 4. The summed E-state index contributed by atoms with van der Waals surface area (Å²) < 4.78 is 20.7. The van der Waals surface area contributed by atoms with Crippen molar-refractivity contribution in [2.24, 2.45) is 0 Å². The van der Waals surface area contributed by atoms with Crippen molar-refractivity contribution in [1.29, 1.82) is 0 Å². The molecule has 0 spiro atoms. The highest BCUT2D eigenvalue weighted by Crippen LogP contribution is 2.32. The third-order valence-electron chi connectivity index (χ3n) is 5.73. The van der Waals surface area contributed by atoms with E-state index in [2.05, 4.69) is 51.9 Å². The first-order valence-electron chi connectivity index (χ1n) is 10.6. The maximum absolute atomic E-state index is 13.3. The molecule has 0 amide bonds. The summed E-state index contributed by atoms with van der Waals surface area (Å²) in [5.74, 6) is -0.652. The monoisotopic (exact) mass is 450 g/mol. The van der Waals surface area contributed by atoms with Gasteiger partial charge in [0, 0.05) is 5.39 Å². The summed E-state index contributed by atoms with van der Waals surface area (Å²) >= 11 is 1.33. The standard InChI is InChI=1S/C26H27FN2O2S/c1-15-11-18(26(4,5)6)12-16(2)22(15)14-31-25(30)23-13-21-17(3)28-29(24(21)32-23)20-9-7-19(27)8-10-20/h7-13H,14H2,1-6H3. The lowest BCUT2D eigenvalue weighted by Gasteiger charge is -2.22. The van der Waals surface area contributed by atoms with Gasteiger partial charge in [0.05, 0.1) is 11.4 Å². The van der Waals surface area contributed by atoms with Crippen LogP contribution >= 0.6 is 11.3 Å². The van der Waals surface area contributed by atoms with E-state index in [1.54, 1.807) is 16.8 Å². The van der Waals surface area contributed by atoms with Gasteiger partial charge in [-0.2, -0.15) is 5.10 Å². The topological polar surface area (TPSA) is 44.1 Å². The van der Waals surface area contributed by atoms with E-state index in [1.807, 2.05) is 13.0 Å². The highest BCUT2D eigenvalue weighted by Gasteiger charge is 2.20. The Kier molecular flexibility index (Phi) is 5.67. The number of fused-ring (bicyclic) bond motifs is 1. The zero-order valence-electron chi connectivity index (χ0n) is 19.2. The van der Waals surface area contributed by atoms with Crippen molar-refractivity contribution in [2.45, 2.75) is 53.6 Å². The highest BCUT2D eigenvalue weighted by atomic mass is 32.1. The number of hydrogen-bond donors (Lipinski definition) is 0. The molecule has 6 heteroatoms. The molecule has 0 bridgehead atoms. The smallest absolute Gasteiger partial charge is 0.348 e. The van der Waals surface area contributed by atoms with Crippen LogP contribution in [0.1, 0.15) is 58.4 Å². The quantitative estimate of drug-likeness (QED) is 0.321. The number of aromatic nitrogens is 2. The van der Waals surface area contributed by atoms with Gasteiger partial charge < -0.3 is 4.74 Å². The van der Waals surface area contributed by atoms with Crippen molar-refractivity contribution in [2.75, 3.05) is 0 Å². The van der Waals surface area contributed by atoms with E-state index in [0.29, 0.717) is 4.88 Å². The molecule has 32 heavy (non-hydrogen) atoms. The molecule has 0 aliphatic rings. The Bertz CT molecular complexity index is 1290. The Morgan fingerprint density at radius 1 is 1.06 bits per heavy atom. The van der Waals surface area contributed by atoms with Crippen molar-refractivity contribution < 1.29 is 13.9 Å². The largest absolute Gasteiger partial charge is 0.457 e. The number of ether oxygens (including phenoxy) is 1. The Morgan fingerprint density at radius 2 is 1.69 bits per heavy atom. The van der Waals surface area contributed by atoms with Gasteiger partial charge >= 0.3 is 5.97 Å². The minimum absolute atomic E-state index is 0.0675. The molecule has 0 aliphatic carbocycles. The second-order valence-corrected chi connectivity index (χ2v) is 10.2. The van der Waals surface area contributed by atoms with E-state index < -0.39 is 0 Å². The predicted octanol–water partition coefficient (Wildman–Crippen LogP) is 6.81. The molecule has 4 rings (SSSR count). The van der Waals surface area contributed by atoms with Crippen molar-refractivity contribution in [3.8, 4) is 5.69 Å². The van der Waals surface area contributed by atoms with Crippen LogP contribution in [0, 0.1) is 26.6 Å². The van der Waals surface area contributed by atoms with E-state index in [1.165, 1.54) is 29.0 Å². The summed E-state index contributed by atoms with van der Waals surface area (Å²) in [4.78, 5) is 14.2. The van der Waals surface area contributed by atoms with Gasteiger partial charge in [0.2, 0.25) is 0 Å². The first-order chi connectivity index (χ1) is 15.0. The van der Waals surface area contributed by atoms with Gasteiger partial charge in [0.25, 0.3) is 0 Å². The molecule has 2 heterocycles. The Morgan fingerprint density at radius 3 is 2.28 bits per heavy atom. The fourth-order valence-electron chi connectivity index (χ4n) is 3.77. The van der Waals surface area contributed by atoms with E-state index in [9.17, 15) is 9.18 Å². The number of halogens is 1. The summed E-state index contributed by atoms with van der Waals surface area (Å²) in [6.45, 7) is 12.8. The molecule has 0 atom stereocenters. The summed E-state index contributed by atoms with van der Waals surface area (Å²) in [5, 5.41) is 5.44. The number of carbonyl (C=O) groups is 1. The minimum Gasteiger partial charge on any atom is -0.457 e. The van der Waals surface area contributed by atoms with Crippen LogP contribution in [0.25, 0.3) is 15.9 Å². The molecule has 0 saturated heterocycles. The van der Waals surface area contributed by atoms with Gasteiger partial charge in [0.15, 0.2) is 0 Å². The molecule has 0 unspecified atom stereocenters. The Labute approximate surface area is 191 Å². The molecule has 2 aromatic carbocycles. The first-order valence-corrected chi connectivity index (χ1v) is 11.4. The number of benzene rings is 2. The molecule has 4 nitrogen and oxygen atoms in total. The minimum atomic E-state index is -0.352. The average Bonchev–Trinajstić information content (AvgIpc) is 3.28. The summed E-state index contributed by atoms with van der Waals surface area (Å²) in [6.07, 6.45) is 0. The van der Waals surface area contributed by atoms with Gasteiger partial charge in [-0.05, 0) is 78.8 Å². The number of aryl methyl sites for hydroxylation is 3.